The molecule has 4 rings (SSSR count). The van der Waals surface area contributed by atoms with Crippen molar-refractivity contribution in [1.29, 1.82) is 0 Å². The molecule has 0 unspecified atom stereocenters. The van der Waals surface area contributed by atoms with Crippen LogP contribution in [0.25, 0.3) is 0 Å². The van der Waals surface area contributed by atoms with Gasteiger partial charge in [0.25, 0.3) is 5.91 Å². The summed E-state index contributed by atoms with van der Waals surface area (Å²) in [5.74, 6) is 0.534. The van der Waals surface area contributed by atoms with Crippen molar-refractivity contribution in [3.8, 4) is 5.88 Å². The van der Waals surface area contributed by atoms with Gasteiger partial charge in [-0.2, -0.15) is 0 Å². The summed E-state index contributed by atoms with van der Waals surface area (Å²) in [4.78, 5) is 18.7. The molecule has 0 N–H and O–H groups in total. The number of hydrogen-bond donors (Lipinski definition) is 0. The van der Waals surface area contributed by atoms with Crippen molar-refractivity contribution in [3.63, 3.8) is 0 Å². The van der Waals surface area contributed by atoms with E-state index in [0.717, 1.165) is 12.8 Å². The van der Waals surface area contributed by atoms with Crippen LogP contribution in [0, 0.1) is 0 Å². The molecule has 1 spiro atoms. The fourth-order valence-electron chi connectivity index (χ4n) is 3.68. The van der Waals surface area contributed by atoms with Crippen LogP contribution in [0.5, 0.6) is 5.88 Å². The maximum atomic E-state index is 12.7. The van der Waals surface area contributed by atoms with Gasteiger partial charge in [-0.25, -0.2) is 4.98 Å². The van der Waals surface area contributed by atoms with Crippen LogP contribution in [0.15, 0.2) is 42.6 Å². The molecule has 3 heterocycles. The number of benzene rings is 1. The van der Waals surface area contributed by atoms with E-state index in [0.29, 0.717) is 31.1 Å². The summed E-state index contributed by atoms with van der Waals surface area (Å²) >= 11 is 0. The highest BCUT2D eigenvalue weighted by atomic mass is 16.5. The zero-order chi connectivity index (χ0) is 16.6. The second-order valence-corrected chi connectivity index (χ2v) is 6.32. The van der Waals surface area contributed by atoms with Crippen molar-refractivity contribution in [2.75, 3.05) is 20.2 Å². The number of nitrogens with zero attached hydrogens (tertiary/aromatic N) is 2. The van der Waals surface area contributed by atoms with Gasteiger partial charge in [-0.15, -0.1) is 0 Å². The van der Waals surface area contributed by atoms with E-state index in [4.69, 9.17) is 9.47 Å². The number of fused-ring (bicyclic) bond motifs is 2. The van der Waals surface area contributed by atoms with Crippen molar-refractivity contribution in [3.05, 3.63) is 59.3 Å². The lowest BCUT2D eigenvalue weighted by Gasteiger charge is -2.39. The molecule has 5 nitrogen and oxygen atoms in total. The monoisotopic (exact) mass is 324 g/mol. The first kappa shape index (κ1) is 15.1. The molecule has 2 aromatic rings. The van der Waals surface area contributed by atoms with Gasteiger partial charge in [0.05, 0.1) is 24.9 Å². The number of carbonyl (C=O) groups is 1. The minimum atomic E-state index is -0.217. The van der Waals surface area contributed by atoms with Crippen LogP contribution in [0.1, 0.15) is 34.3 Å². The third-order valence-corrected chi connectivity index (χ3v) is 5.06. The summed E-state index contributed by atoms with van der Waals surface area (Å²) in [5.41, 5.74) is 2.95. The first-order valence-electron chi connectivity index (χ1n) is 8.23. The van der Waals surface area contributed by atoms with Crippen molar-refractivity contribution in [1.82, 2.24) is 9.88 Å². The number of carbonyl (C=O) groups excluding carboxylic acids is 1. The molecule has 2 aliphatic heterocycles. The van der Waals surface area contributed by atoms with Crippen LogP contribution in [-0.2, 0) is 16.9 Å². The quantitative estimate of drug-likeness (QED) is 0.852. The first-order chi connectivity index (χ1) is 11.7. The van der Waals surface area contributed by atoms with Gasteiger partial charge in [-0.1, -0.05) is 24.3 Å². The molecule has 0 aliphatic carbocycles. The summed E-state index contributed by atoms with van der Waals surface area (Å²) < 4.78 is 11.2. The lowest BCUT2D eigenvalue weighted by atomic mass is 9.83. The molecule has 5 heteroatoms. The van der Waals surface area contributed by atoms with Crippen LogP contribution < -0.4 is 4.74 Å². The van der Waals surface area contributed by atoms with E-state index in [-0.39, 0.29) is 11.5 Å². The molecule has 1 aromatic carbocycles. The lowest BCUT2D eigenvalue weighted by Crippen LogP contribution is -2.45. The maximum absolute atomic E-state index is 12.7. The van der Waals surface area contributed by atoms with Gasteiger partial charge in [0.1, 0.15) is 0 Å². The van der Waals surface area contributed by atoms with Crippen molar-refractivity contribution in [2.45, 2.75) is 25.0 Å². The summed E-state index contributed by atoms with van der Waals surface area (Å²) in [6, 6.07) is 11.9. The number of aromatic nitrogens is 1. The van der Waals surface area contributed by atoms with Gasteiger partial charge in [0.15, 0.2) is 0 Å². The van der Waals surface area contributed by atoms with Crippen LogP contribution in [0.3, 0.4) is 0 Å². The topological polar surface area (TPSA) is 51.7 Å². The van der Waals surface area contributed by atoms with E-state index in [2.05, 4.69) is 29.2 Å². The molecule has 0 saturated carbocycles. The predicted octanol–water partition coefficient (Wildman–Crippen LogP) is 2.75. The molecule has 1 fully saturated rings. The number of ether oxygens (including phenoxy) is 2. The minimum absolute atomic E-state index is 0.0197. The molecular formula is C19H20N2O3. The SMILES string of the molecule is COc1ccc(C(=O)N2CCC3(CC2)OCc2ccccc23)cn1. The first-order valence-corrected chi connectivity index (χ1v) is 8.23. The van der Waals surface area contributed by atoms with E-state index >= 15 is 0 Å². The smallest absolute Gasteiger partial charge is 0.255 e. The molecule has 0 atom stereocenters. The Labute approximate surface area is 141 Å². The average Bonchev–Trinajstić information content (AvgIpc) is 3.01. The van der Waals surface area contributed by atoms with Gasteiger partial charge in [0, 0.05) is 25.4 Å². The largest absolute Gasteiger partial charge is 0.481 e. The zero-order valence-corrected chi connectivity index (χ0v) is 13.7. The van der Waals surface area contributed by atoms with E-state index in [1.54, 1.807) is 25.4 Å². The van der Waals surface area contributed by atoms with Gasteiger partial charge in [0.2, 0.25) is 5.88 Å². The number of piperidine rings is 1. The summed E-state index contributed by atoms with van der Waals surface area (Å²) in [7, 11) is 1.56. The molecule has 0 bridgehead atoms. The van der Waals surface area contributed by atoms with E-state index in [9.17, 15) is 4.79 Å². The Morgan fingerprint density at radius 2 is 2.00 bits per heavy atom. The molecule has 124 valence electrons. The van der Waals surface area contributed by atoms with Crippen LogP contribution in [0.4, 0.5) is 0 Å². The number of methoxy groups -OCH3 is 1. The third-order valence-electron chi connectivity index (χ3n) is 5.06. The normalized spacial score (nSPS) is 18.5. The molecular weight excluding hydrogens is 304 g/mol. The Bertz CT molecular complexity index is 749. The fourth-order valence-corrected chi connectivity index (χ4v) is 3.68. The predicted molar refractivity (Wildman–Crippen MR) is 88.8 cm³/mol. The fraction of sp³-hybridized carbons (Fsp3) is 0.368. The van der Waals surface area contributed by atoms with Gasteiger partial charge in [-0.3, -0.25) is 4.79 Å². The Morgan fingerprint density at radius 3 is 2.71 bits per heavy atom. The molecule has 24 heavy (non-hydrogen) atoms. The standard InChI is InChI=1S/C19H20N2O3/c1-23-17-7-6-14(12-20-17)18(22)21-10-8-19(9-11-21)16-5-3-2-4-15(16)13-24-19/h2-7,12H,8-11,13H2,1H3. The summed E-state index contributed by atoms with van der Waals surface area (Å²) in [5, 5.41) is 0. The second-order valence-electron chi connectivity index (χ2n) is 6.32. The minimum Gasteiger partial charge on any atom is -0.481 e. The van der Waals surface area contributed by atoms with Crippen LogP contribution in [-0.4, -0.2) is 36.0 Å². The highest BCUT2D eigenvalue weighted by Gasteiger charge is 2.43. The maximum Gasteiger partial charge on any atom is 0.255 e. The van der Waals surface area contributed by atoms with Crippen LogP contribution >= 0.6 is 0 Å². The number of likely N-dealkylation sites (tertiary alicyclic amines) is 1. The number of pyridine rings is 1. The van der Waals surface area contributed by atoms with E-state index < -0.39 is 0 Å². The highest BCUT2D eigenvalue weighted by molar-refractivity contribution is 5.94. The Kier molecular flexibility index (Phi) is 3.73. The Balaban J connectivity index is 1.47. The summed E-state index contributed by atoms with van der Waals surface area (Å²) in [6.07, 6.45) is 3.24. The number of rotatable bonds is 2. The van der Waals surface area contributed by atoms with Gasteiger partial charge in [-0.05, 0) is 30.0 Å². The molecule has 1 saturated heterocycles. The Morgan fingerprint density at radius 1 is 1.21 bits per heavy atom. The van der Waals surface area contributed by atoms with Gasteiger partial charge >= 0.3 is 0 Å². The molecule has 0 radical (unpaired) electrons. The summed E-state index contributed by atoms with van der Waals surface area (Å²) in [6.45, 7) is 2.06. The zero-order valence-electron chi connectivity index (χ0n) is 13.7. The molecule has 2 aliphatic rings. The van der Waals surface area contributed by atoms with E-state index in [1.807, 2.05) is 4.90 Å². The lowest BCUT2D eigenvalue weighted by molar-refractivity contribution is -0.0741. The molecule has 1 amide bonds. The van der Waals surface area contributed by atoms with Crippen molar-refractivity contribution < 1.29 is 14.3 Å². The third kappa shape index (κ3) is 2.45. The number of amides is 1. The highest BCUT2D eigenvalue weighted by Crippen LogP contribution is 2.44. The number of hydrogen-bond acceptors (Lipinski definition) is 4. The van der Waals surface area contributed by atoms with Crippen molar-refractivity contribution >= 4 is 5.91 Å². The molecule has 1 aromatic heterocycles. The van der Waals surface area contributed by atoms with Crippen molar-refractivity contribution in [2.24, 2.45) is 0 Å². The van der Waals surface area contributed by atoms with Gasteiger partial charge < -0.3 is 14.4 Å². The average molecular weight is 324 g/mol. The van der Waals surface area contributed by atoms with Crippen LogP contribution in [0.2, 0.25) is 0 Å². The second kappa shape index (κ2) is 5.91. The van der Waals surface area contributed by atoms with E-state index in [1.165, 1.54) is 11.1 Å². The Hall–Kier alpha value is -2.40.